The molecule has 1 N–H and O–H groups in total. The van der Waals surface area contributed by atoms with Gasteiger partial charge in [-0.1, -0.05) is 115 Å². The predicted molar refractivity (Wildman–Crippen MR) is 188 cm³/mol. The molecule has 46 heavy (non-hydrogen) atoms. The normalized spacial score (nSPS) is 13.3. The van der Waals surface area contributed by atoms with Crippen molar-refractivity contribution in [2.45, 2.75) is 161 Å². The predicted octanol–water partition coefficient (Wildman–Crippen LogP) is 8.96. The highest BCUT2D eigenvalue weighted by Crippen LogP contribution is 2.14. The van der Waals surface area contributed by atoms with Crippen LogP contribution in [0.3, 0.4) is 0 Å². The number of rotatable bonds is 32. The van der Waals surface area contributed by atoms with E-state index in [2.05, 4.69) is 38.2 Å². The minimum absolute atomic E-state index is 0.0509. The van der Waals surface area contributed by atoms with Crippen LogP contribution in [0.15, 0.2) is 24.3 Å². The van der Waals surface area contributed by atoms with Crippen molar-refractivity contribution in [3.8, 4) is 0 Å². The first-order valence-corrected chi connectivity index (χ1v) is 18.4. The lowest BCUT2D eigenvalue weighted by Gasteiger charge is -2.31. The smallest absolute Gasteiger partial charge is 0.362 e. The molecule has 0 aromatic heterocycles. The van der Waals surface area contributed by atoms with Gasteiger partial charge in [0.05, 0.1) is 34.4 Å². The van der Waals surface area contributed by atoms with Gasteiger partial charge in [0.2, 0.25) is 0 Å². The zero-order valence-corrected chi connectivity index (χ0v) is 30.3. The number of hydrogen-bond donors (Lipinski definition) is 1. The summed E-state index contributed by atoms with van der Waals surface area (Å²) in [4.78, 5) is 36.6. The molecule has 0 rings (SSSR count). The molecule has 0 aliphatic heterocycles. The fraction of sp³-hybridized carbons (Fsp3) is 0.816. The largest absolute Gasteiger partial charge is 0.477 e. The standard InChI is InChI=1S/C38H69NO7/c1-6-8-10-12-14-16-17-18-19-21-22-24-26-28-36(40)45-33-34(32-44-31-30-35(38(42)43)39(3,4)5)46-37(41)29-27-25-23-20-15-13-11-9-7-2/h9,11,15,20,34-35H,6-8,10,12-14,16-19,21-33H2,1-5H3/p+1/b11-9+,20-15+. The summed E-state index contributed by atoms with van der Waals surface area (Å²) in [5.41, 5.74) is 0. The molecule has 0 fully saturated rings. The zero-order valence-electron chi connectivity index (χ0n) is 30.3. The van der Waals surface area contributed by atoms with E-state index in [0.717, 1.165) is 44.9 Å². The van der Waals surface area contributed by atoms with Crippen LogP contribution in [0.5, 0.6) is 0 Å². The number of hydrogen-bond acceptors (Lipinski definition) is 6. The number of aliphatic carboxylic acids is 1. The Balaban J connectivity index is 4.43. The Morgan fingerprint density at radius 1 is 0.674 bits per heavy atom. The van der Waals surface area contributed by atoms with Crippen LogP contribution in [0.25, 0.3) is 0 Å². The summed E-state index contributed by atoms with van der Waals surface area (Å²) in [6, 6.07) is -0.615. The summed E-state index contributed by atoms with van der Waals surface area (Å²) >= 11 is 0. The van der Waals surface area contributed by atoms with Gasteiger partial charge in [0, 0.05) is 19.3 Å². The Morgan fingerprint density at radius 3 is 1.78 bits per heavy atom. The van der Waals surface area contributed by atoms with Gasteiger partial charge in [0.15, 0.2) is 12.1 Å². The van der Waals surface area contributed by atoms with Crippen molar-refractivity contribution in [1.29, 1.82) is 0 Å². The molecule has 0 saturated carbocycles. The average Bonchev–Trinajstić information content (AvgIpc) is 3.00. The molecule has 2 unspecified atom stereocenters. The molecule has 0 aliphatic rings. The van der Waals surface area contributed by atoms with Crippen LogP contribution in [0.2, 0.25) is 0 Å². The van der Waals surface area contributed by atoms with Gasteiger partial charge in [-0.2, -0.15) is 0 Å². The van der Waals surface area contributed by atoms with Crippen LogP contribution >= 0.6 is 0 Å². The first-order chi connectivity index (χ1) is 22.1. The molecule has 0 heterocycles. The van der Waals surface area contributed by atoms with Crippen LogP contribution in [-0.2, 0) is 28.6 Å². The van der Waals surface area contributed by atoms with E-state index in [1.165, 1.54) is 64.2 Å². The fourth-order valence-electron chi connectivity index (χ4n) is 5.25. The molecule has 0 radical (unpaired) electrons. The van der Waals surface area contributed by atoms with E-state index < -0.39 is 18.1 Å². The van der Waals surface area contributed by atoms with Crippen LogP contribution in [-0.4, -0.2) is 80.6 Å². The molecule has 0 amide bonds. The lowest BCUT2D eigenvalue weighted by Crippen LogP contribution is -2.50. The SMILES string of the molecule is CC/C=C/C/C=C/CCCCC(=O)OC(COCCC(C(=O)O)[N+](C)(C)C)COC(=O)CCCCCCCCCCCCCCC. The highest BCUT2D eigenvalue weighted by molar-refractivity contribution is 5.72. The summed E-state index contributed by atoms with van der Waals surface area (Å²) in [6.45, 7) is 4.56. The average molecular weight is 653 g/mol. The molecule has 8 nitrogen and oxygen atoms in total. The maximum atomic E-state index is 12.6. The fourth-order valence-corrected chi connectivity index (χ4v) is 5.25. The Hall–Kier alpha value is -2.19. The summed E-state index contributed by atoms with van der Waals surface area (Å²) in [6.07, 6.45) is 29.5. The number of nitrogens with zero attached hydrogens (tertiary/aromatic N) is 1. The number of quaternary nitrogens is 1. The van der Waals surface area contributed by atoms with Gasteiger partial charge in [-0.3, -0.25) is 9.59 Å². The topological polar surface area (TPSA) is 99.1 Å². The van der Waals surface area contributed by atoms with Crippen molar-refractivity contribution in [2.75, 3.05) is 41.0 Å². The van der Waals surface area contributed by atoms with E-state index in [0.29, 0.717) is 19.3 Å². The van der Waals surface area contributed by atoms with Gasteiger partial charge >= 0.3 is 17.9 Å². The second-order valence-electron chi connectivity index (χ2n) is 13.5. The number of ether oxygens (including phenoxy) is 3. The van der Waals surface area contributed by atoms with Gasteiger partial charge in [-0.15, -0.1) is 0 Å². The van der Waals surface area contributed by atoms with Gasteiger partial charge in [0.25, 0.3) is 0 Å². The first-order valence-electron chi connectivity index (χ1n) is 18.4. The van der Waals surface area contributed by atoms with E-state index in [1.807, 2.05) is 21.1 Å². The van der Waals surface area contributed by atoms with E-state index in [1.54, 1.807) is 0 Å². The molecular weight excluding hydrogens is 582 g/mol. The quantitative estimate of drug-likeness (QED) is 0.0335. The molecule has 0 aromatic carbocycles. The van der Waals surface area contributed by atoms with Crippen molar-refractivity contribution in [2.24, 2.45) is 0 Å². The van der Waals surface area contributed by atoms with E-state index >= 15 is 0 Å². The number of allylic oxidation sites excluding steroid dienone is 4. The molecule has 0 saturated heterocycles. The Labute approximate surface area is 281 Å². The molecule has 0 spiro atoms. The van der Waals surface area contributed by atoms with Crippen molar-refractivity contribution in [3.63, 3.8) is 0 Å². The minimum Gasteiger partial charge on any atom is -0.477 e. The van der Waals surface area contributed by atoms with Gasteiger partial charge in [0.1, 0.15) is 6.61 Å². The Bertz CT molecular complexity index is 818. The second-order valence-corrected chi connectivity index (χ2v) is 13.5. The van der Waals surface area contributed by atoms with E-state index in [-0.39, 0.29) is 42.7 Å². The number of carbonyl (C=O) groups is 3. The number of unbranched alkanes of at least 4 members (excludes halogenated alkanes) is 14. The second kappa shape index (κ2) is 30.2. The molecule has 268 valence electrons. The van der Waals surface area contributed by atoms with Crippen molar-refractivity contribution in [3.05, 3.63) is 24.3 Å². The number of likely N-dealkylation sites (N-methyl/N-ethyl adjacent to an activating group) is 1. The molecule has 0 bridgehead atoms. The number of carboxylic acids is 1. The lowest BCUT2D eigenvalue weighted by atomic mass is 10.0. The Kier molecular flexibility index (Phi) is 28.7. The third-order valence-corrected chi connectivity index (χ3v) is 8.12. The highest BCUT2D eigenvalue weighted by Gasteiger charge is 2.31. The summed E-state index contributed by atoms with van der Waals surface area (Å²) in [5.74, 6) is -1.51. The van der Waals surface area contributed by atoms with Crippen molar-refractivity contribution >= 4 is 17.9 Å². The van der Waals surface area contributed by atoms with Crippen LogP contribution in [0.1, 0.15) is 149 Å². The van der Waals surface area contributed by atoms with Gasteiger partial charge in [-0.25, -0.2) is 4.79 Å². The third-order valence-electron chi connectivity index (χ3n) is 8.12. The third kappa shape index (κ3) is 28.1. The maximum Gasteiger partial charge on any atom is 0.362 e. The van der Waals surface area contributed by atoms with Crippen LogP contribution < -0.4 is 0 Å². The van der Waals surface area contributed by atoms with Gasteiger partial charge < -0.3 is 23.8 Å². The van der Waals surface area contributed by atoms with Crippen LogP contribution in [0, 0.1) is 0 Å². The molecule has 2 atom stereocenters. The number of carbonyl (C=O) groups excluding carboxylic acids is 2. The molecule has 8 heteroatoms. The first kappa shape index (κ1) is 43.8. The summed E-state index contributed by atoms with van der Waals surface area (Å²) in [5, 5.41) is 9.55. The minimum atomic E-state index is -0.881. The Morgan fingerprint density at radius 2 is 1.22 bits per heavy atom. The zero-order chi connectivity index (χ0) is 34.3. The molecule has 0 aliphatic carbocycles. The van der Waals surface area contributed by atoms with Crippen molar-refractivity contribution < 1.29 is 38.2 Å². The lowest BCUT2D eigenvalue weighted by molar-refractivity contribution is -0.887. The summed E-state index contributed by atoms with van der Waals surface area (Å²) < 4.78 is 17.1. The van der Waals surface area contributed by atoms with E-state index in [9.17, 15) is 19.5 Å². The molecular formula is C38H70NO7+. The van der Waals surface area contributed by atoms with E-state index in [4.69, 9.17) is 14.2 Å². The molecule has 0 aromatic rings. The monoisotopic (exact) mass is 653 g/mol. The summed E-state index contributed by atoms with van der Waals surface area (Å²) in [7, 11) is 5.50. The van der Waals surface area contributed by atoms with Gasteiger partial charge in [-0.05, 0) is 38.5 Å². The maximum absolute atomic E-state index is 12.6. The van der Waals surface area contributed by atoms with Crippen LogP contribution in [0.4, 0.5) is 0 Å². The van der Waals surface area contributed by atoms with Crippen molar-refractivity contribution in [1.82, 2.24) is 0 Å². The number of carboxylic acid groups (broad SMARTS) is 1. The highest BCUT2D eigenvalue weighted by atomic mass is 16.6. The number of esters is 2.